The lowest BCUT2D eigenvalue weighted by atomic mass is 9.91. The van der Waals surface area contributed by atoms with Crippen molar-refractivity contribution >= 4 is 22.4 Å². The van der Waals surface area contributed by atoms with E-state index in [-0.39, 0.29) is 5.78 Å². The summed E-state index contributed by atoms with van der Waals surface area (Å²) in [6, 6.07) is 16.5. The molecule has 0 atom stereocenters. The van der Waals surface area contributed by atoms with E-state index in [9.17, 15) is 4.79 Å². The summed E-state index contributed by atoms with van der Waals surface area (Å²) in [5.41, 5.74) is 6.03. The molecule has 0 radical (unpaired) electrons. The van der Waals surface area contributed by atoms with Gasteiger partial charge >= 0.3 is 0 Å². The van der Waals surface area contributed by atoms with E-state index in [2.05, 4.69) is 42.6 Å². The van der Waals surface area contributed by atoms with Gasteiger partial charge in [0.15, 0.2) is 5.78 Å². The zero-order chi connectivity index (χ0) is 16.5. The van der Waals surface area contributed by atoms with Crippen molar-refractivity contribution in [1.29, 1.82) is 0 Å². The fourth-order valence-corrected chi connectivity index (χ4v) is 3.42. The molecule has 0 saturated carbocycles. The maximum atomic E-state index is 12.6. The van der Waals surface area contributed by atoms with Gasteiger partial charge in [-0.25, -0.2) is 0 Å². The lowest BCUT2D eigenvalue weighted by Gasteiger charge is -2.21. The Balaban J connectivity index is 1.85. The number of hydrogen-bond donors (Lipinski definition) is 1. The molecule has 4 rings (SSSR count). The summed E-state index contributed by atoms with van der Waals surface area (Å²) in [6.07, 6.45) is 2.39. The van der Waals surface area contributed by atoms with Gasteiger partial charge in [0.25, 0.3) is 0 Å². The number of benzene rings is 2. The zero-order valence-electron chi connectivity index (χ0n) is 13.8. The zero-order valence-corrected chi connectivity index (χ0v) is 13.8. The van der Waals surface area contributed by atoms with Crippen molar-refractivity contribution in [3.05, 3.63) is 70.9 Å². The summed E-state index contributed by atoms with van der Waals surface area (Å²) in [7, 11) is 0. The number of Topliss-reactive ketones (excluding diaryl/α,β-unsaturated/α-hetero) is 1. The summed E-state index contributed by atoms with van der Waals surface area (Å²) >= 11 is 0. The Morgan fingerprint density at radius 3 is 2.75 bits per heavy atom. The number of ketones is 1. The molecule has 1 N–H and O–H groups in total. The predicted octanol–water partition coefficient (Wildman–Crippen LogP) is 4.67. The number of carbonyl (C=O) groups excluding carboxylic acids is 1. The van der Waals surface area contributed by atoms with E-state index >= 15 is 0 Å². The van der Waals surface area contributed by atoms with Crippen LogP contribution >= 0.6 is 0 Å². The predicted molar refractivity (Wildman–Crippen MR) is 97.5 cm³/mol. The van der Waals surface area contributed by atoms with E-state index in [4.69, 9.17) is 4.98 Å². The number of nitrogens with one attached hydrogen (secondary N) is 1. The molecule has 0 saturated heterocycles. The standard InChI is InChI=1S/C21H20N2O/c1-14-10-11-17-16(12-14)21(22-13-15-6-3-2-4-7-15)20-18(23-17)8-5-9-19(20)24/h2-4,6-7,10-12H,5,8-9,13H2,1H3,(H,22,23). The summed E-state index contributed by atoms with van der Waals surface area (Å²) in [5, 5.41) is 4.57. The monoisotopic (exact) mass is 316 g/mol. The number of anilines is 1. The Morgan fingerprint density at radius 1 is 1.08 bits per heavy atom. The van der Waals surface area contributed by atoms with Crippen LogP contribution in [0.5, 0.6) is 0 Å². The van der Waals surface area contributed by atoms with Gasteiger partial charge < -0.3 is 5.32 Å². The number of carbonyl (C=O) groups is 1. The summed E-state index contributed by atoms with van der Waals surface area (Å²) < 4.78 is 0. The highest BCUT2D eigenvalue weighted by atomic mass is 16.1. The lowest BCUT2D eigenvalue weighted by molar-refractivity contribution is 0.0972. The molecule has 1 aliphatic rings. The molecule has 3 nitrogen and oxygen atoms in total. The third-order valence-electron chi connectivity index (χ3n) is 4.62. The molecule has 0 fully saturated rings. The van der Waals surface area contributed by atoms with Crippen molar-refractivity contribution in [1.82, 2.24) is 4.98 Å². The molecule has 1 heterocycles. The first kappa shape index (κ1) is 14.9. The molecule has 0 aliphatic heterocycles. The van der Waals surface area contributed by atoms with Gasteiger partial charge in [0.2, 0.25) is 0 Å². The Labute approximate surface area is 141 Å². The molecule has 2 aromatic carbocycles. The van der Waals surface area contributed by atoms with Crippen LogP contribution in [0.15, 0.2) is 48.5 Å². The van der Waals surface area contributed by atoms with Crippen LogP contribution in [0, 0.1) is 6.92 Å². The molecule has 0 bridgehead atoms. The quantitative estimate of drug-likeness (QED) is 0.763. The molecular formula is C21H20N2O. The summed E-state index contributed by atoms with van der Waals surface area (Å²) in [5.74, 6) is 0.211. The molecule has 1 aliphatic carbocycles. The average molecular weight is 316 g/mol. The van der Waals surface area contributed by atoms with Gasteiger partial charge in [-0.2, -0.15) is 0 Å². The summed E-state index contributed by atoms with van der Waals surface area (Å²) in [6.45, 7) is 2.77. The Bertz CT molecular complexity index is 916. The second-order valence-electron chi connectivity index (χ2n) is 6.44. The maximum Gasteiger partial charge on any atom is 0.166 e. The van der Waals surface area contributed by atoms with Gasteiger partial charge in [0.1, 0.15) is 0 Å². The number of pyridine rings is 1. The highest BCUT2D eigenvalue weighted by Crippen LogP contribution is 2.34. The van der Waals surface area contributed by atoms with Crippen LogP contribution in [0.2, 0.25) is 0 Å². The number of rotatable bonds is 3. The third kappa shape index (κ3) is 2.67. The minimum Gasteiger partial charge on any atom is -0.380 e. The van der Waals surface area contributed by atoms with Crippen LogP contribution in [0.4, 0.5) is 5.69 Å². The fraction of sp³-hybridized carbons (Fsp3) is 0.238. The number of aryl methyl sites for hydroxylation is 2. The Hall–Kier alpha value is -2.68. The van der Waals surface area contributed by atoms with Crippen molar-refractivity contribution in [2.24, 2.45) is 0 Å². The van der Waals surface area contributed by atoms with Crippen LogP contribution in [0.25, 0.3) is 10.9 Å². The van der Waals surface area contributed by atoms with Crippen LogP contribution in [-0.2, 0) is 13.0 Å². The largest absolute Gasteiger partial charge is 0.380 e. The van der Waals surface area contributed by atoms with Gasteiger partial charge in [0, 0.05) is 18.4 Å². The van der Waals surface area contributed by atoms with Crippen LogP contribution in [0.3, 0.4) is 0 Å². The first-order valence-electron chi connectivity index (χ1n) is 8.46. The van der Waals surface area contributed by atoms with Crippen molar-refractivity contribution < 1.29 is 4.79 Å². The molecule has 3 aromatic rings. The van der Waals surface area contributed by atoms with Crippen molar-refractivity contribution in [2.75, 3.05) is 5.32 Å². The number of aromatic nitrogens is 1. The Morgan fingerprint density at radius 2 is 1.92 bits per heavy atom. The molecule has 24 heavy (non-hydrogen) atoms. The normalized spacial score (nSPS) is 13.8. The summed E-state index contributed by atoms with van der Waals surface area (Å²) in [4.78, 5) is 17.3. The van der Waals surface area contributed by atoms with Crippen LogP contribution < -0.4 is 5.32 Å². The molecule has 1 aromatic heterocycles. The van der Waals surface area contributed by atoms with Crippen LogP contribution in [-0.4, -0.2) is 10.8 Å². The first-order chi connectivity index (χ1) is 11.7. The molecule has 120 valence electrons. The van der Waals surface area contributed by atoms with E-state index in [0.717, 1.165) is 40.7 Å². The molecular weight excluding hydrogens is 296 g/mol. The molecule has 3 heteroatoms. The van der Waals surface area contributed by atoms with Crippen molar-refractivity contribution in [2.45, 2.75) is 32.7 Å². The van der Waals surface area contributed by atoms with Gasteiger partial charge in [0.05, 0.1) is 22.5 Å². The van der Waals surface area contributed by atoms with E-state index in [1.54, 1.807) is 0 Å². The highest BCUT2D eigenvalue weighted by Gasteiger charge is 2.24. The third-order valence-corrected chi connectivity index (χ3v) is 4.62. The fourth-order valence-electron chi connectivity index (χ4n) is 3.42. The molecule has 0 spiro atoms. The maximum absolute atomic E-state index is 12.6. The number of hydrogen-bond acceptors (Lipinski definition) is 3. The van der Waals surface area contributed by atoms with E-state index in [0.29, 0.717) is 13.0 Å². The minimum absolute atomic E-state index is 0.211. The second kappa shape index (κ2) is 6.08. The van der Waals surface area contributed by atoms with Crippen molar-refractivity contribution in [3.63, 3.8) is 0 Å². The first-order valence-corrected chi connectivity index (χ1v) is 8.46. The second-order valence-corrected chi connectivity index (χ2v) is 6.44. The molecule has 0 unspecified atom stereocenters. The lowest BCUT2D eigenvalue weighted by Crippen LogP contribution is -2.16. The SMILES string of the molecule is Cc1ccc2nc3c(c(NCc4ccccc4)c2c1)C(=O)CCC3. The van der Waals surface area contributed by atoms with Gasteiger partial charge in [-0.15, -0.1) is 0 Å². The topological polar surface area (TPSA) is 42.0 Å². The van der Waals surface area contributed by atoms with E-state index < -0.39 is 0 Å². The highest BCUT2D eigenvalue weighted by molar-refractivity contribution is 6.09. The van der Waals surface area contributed by atoms with Crippen LogP contribution in [0.1, 0.15) is 40.0 Å². The average Bonchev–Trinajstić information content (AvgIpc) is 2.60. The number of nitrogens with zero attached hydrogens (tertiary/aromatic N) is 1. The van der Waals surface area contributed by atoms with Gasteiger partial charge in [-0.3, -0.25) is 9.78 Å². The molecule has 0 amide bonds. The Kier molecular flexibility index (Phi) is 3.77. The van der Waals surface area contributed by atoms with Gasteiger partial charge in [-0.1, -0.05) is 42.0 Å². The van der Waals surface area contributed by atoms with E-state index in [1.165, 1.54) is 11.1 Å². The number of fused-ring (bicyclic) bond motifs is 2. The minimum atomic E-state index is 0.211. The smallest absolute Gasteiger partial charge is 0.166 e. The van der Waals surface area contributed by atoms with Crippen molar-refractivity contribution in [3.8, 4) is 0 Å². The van der Waals surface area contributed by atoms with E-state index in [1.807, 2.05) is 18.2 Å². The van der Waals surface area contributed by atoms with Gasteiger partial charge in [-0.05, 0) is 37.5 Å².